The number of rotatable bonds is 5. The summed E-state index contributed by atoms with van der Waals surface area (Å²) < 4.78 is 5.32. The van der Waals surface area contributed by atoms with Crippen molar-refractivity contribution in [1.82, 2.24) is 4.90 Å². The summed E-state index contributed by atoms with van der Waals surface area (Å²) in [6.45, 7) is 8.92. The summed E-state index contributed by atoms with van der Waals surface area (Å²) in [7, 11) is 3.69. The van der Waals surface area contributed by atoms with Crippen LogP contribution in [0.15, 0.2) is 12.1 Å². The van der Waals surface area contributed by atoms with Crippen LogP contribution in [0.25, 0.3) is 0 Å². The first-order valence-corrected chi connectivity index (χ1v) is 6.58. The topological polar surface area (TPSA) is 36.3 Å². The van der Waals surface area contributed by atoms with Gasteiger partial charge in [-0.25, -0.2) is 0 Å². The maximum Gasteiger partial charge on any atom is 0.122 e. The lowest BCUT2D eigenvalue weighted by Gasteiger charge is -2.29. The predicted molar refractivity (Wildman–Crippen MR) is 78.5 cm³/mol. The van der Waals surface area contributed by atoms with Crippen LogP contribution in [0.5, 0.6) is 5.75 Å². The van der Waals surface area contributed by atoms with E-state index in [1.54, 1.807) is 7.11 Å². The molecular weight excluding hydrogens is 236 g/mol. The minimum absolute atomic E-state index is 0.421. The summed E-state index contributed by atoms with van der Waals surface area (Å²) in [4.78, 5) is 2.09. The molecule has 0 fully saturated rings. The Morgan fingerprint density at radius 1 is 1.26 bits per heavy atom. The molecule has 0 aromatic heterocycles. The van der Waals surface area contributed by atoms with Gasteiger partial charge in [0.25, 0.3) is 0 Å². The van der Waals surface area contributed by atoms with Crippen molar-refractivity contribution < 1.29 is 4.74 Å². The van der Waals surface area contributed by atoms with Crippen molar-refractivity contribution in [1.29, 1.82) is 5.26 Å². The molecular formula is C16H24N2O. The molecule has 1 rings (SSSR count). The third-order valence-electron chi connectivity index (χ3n) is 3.80. The molecule has 19 heavy (non-hydrogen) atoms. The third-order valence-corrected chi connectivity index (χ3v) is 3.80. The van der Waals surface area contributed by atoms with Crippen LogP contribution in [0, 0.1) is 25.2 Å². The largest absolute Gasteiger partial charge is 0.496 e. The van der Waals surface area contributed by atoms with E-state index in [9.17, 15) is 0 Å². The number of nitrogens with zero attached hydrogens (tertiary/aromatic N) is 2. The van der Waals surface area contributed by atoms with Gasteiger partial charge in [0.2, 0.25) is 0 Å². The minimum atomic E-state index is -0.421. The molecule has 0 saturated heterocycles. The maximum atomic E-state index is 9.12. The quantitative estimate of drug-likeness (QED) is 0.816. The first-order valence-electron chi connectivity index (χ1n) is 6.58. The summed E-state index contributed by atoms with van der Waals surface area (Å²) in [5.74, 6) is 0.937. The van der Waals surface area contributed by atoms with Crippen LogP contribution in [-0.4, -0.2) is 31.1 Å². The molecule has 0 bridgehead atoms. The van der Waals surface area contributed by atoms with Crippen molar-refractivity contribution in [3.63, 3.8) is 0 Å². The van der Waals surface area contributed by atoms with E-state index < -0.39 is 5.54 Å². The molecule has 0 amide bonds. The first-order chi connectivity index (χ1) is 8.81. The van der Waals surface area contributed by atoms with Gasteiger partial charge >= 0.3 is 0 Å². The number of nitriles is 1. The summed E-state index contributed by atoms with van der Waals surface area (Å²) in [5.41, 5.74) is 3.30. The number of likely N-dealkylation sites (N-methyl/N-ethyl adjacent to an activating group) is 1. The number of aryl methyl sites for hydroxylation is 2. The number of benzene rings is 1. The zero-order valence-corrected chi connectivity index (χ0v) is 12.9. The Balaban J connectivity index is 2.80. The zero-order valence-electron chi connectivity index (χ0n) is 12.9. The normalized spacial score (nSPS) is 11.5. The van der Waals surface area contributed by atoms with E-state index in [1.165, 1.54) is 11.1 Å². The van der Waals surface area contributed by atoms with E-state index >= 15 is 0 Å². The van der Waals surface area contributed by atoms with E-state index in [0.29, 0.717) is 0 Å². The SMILES string of the molecule is COc1cc(C)c(CCN(C)C(C)(C)C#N)cc1C. The average Bonchev–Trinajstić information content (AvgIpc) is 2.38. The van der Waals surface area contributed by atoms with Crippen LogP contribution in [0.2, 0.25) is 0 Å². The predicted octanol–water partition coefficient (Wildman–Crippen LogP) is 3.09. The van der Waals surface area contributed by atoms with Crippen molar-refractivity contribution in [2.24, 2.45) is 0 Å². The molecule has 1 aromatic rings. The van der Waals surface area contributed by atoms with Gasteiger partial charge in [-0.05, 0) is 63.9 Å². The van der Waals surface area contributed by atoms with E-state index in [2.05, 4.69) is 36.9 Å². The number of hydrogen-bond acceptors (Lipinski definition) is 3. The molecule has 0 saturated carbocycles. The highest BCUT2D eigenvalue weighted by molar-refractivity contribution is 5.41. The van der Waals surface area contributed by atoms with Crippen molar-refractivity contribution >= 4 is 0 Å². The van der Waals surface area contributed by atoms with Crippen LogP contribution >= 0.6 is 0 Å². The van der Waals surface area contributed by atoms with Crippen LogP contribution < -0.4 is 4.74 Å². The molecule has 0 aliphatic carbocycles. The fourth-order valence-electron chi connectivity index (χ4n) is 1.99. The number of methoxy groups -OCH3 is 1. The molecule has 0 heterocycles. The van der Waals surface area contributed by atoms with Crippen LogP contribution in [0.1, 0.15) is 30.5 Å². The van der Waals surface area contributed by atoms with Gasteiger partial charge in [-0.15, -0.1) is 0 Å². The second-order valence-electron chi connectivity index (χ2n) is 5.59. The standard InChI is InChI=1S/C16H24N2O/c1-12-10-15(19-6)13(2)9-14(12)7-8-18(5)16(3,4)11-17/h9-10H,7-8H2,1-6H3. The van der Waals surface area contributed by atoms with Crippen LogP contribution in [-0.2, 0) is 6.42 Å². The molecule has 3 nitrogen and oxygen atoms in total. The Labute approximate surface area is 116 Å². The highest BCUT2D eigenvalue weighted by atomic mass is 16.5. The fourth-order valence-corrected chi connectivity index (χ4v) is 1.99. The molecule has 0 aliphatic heterocycles. The second-order valence-corrected chi connectivity index (χ2v) is 5.59. The molecule has 104 valence electrons. The van der Waals surface area contributed by atoms with Crippen molar-refractivity contribution in [3.8, 4) is 11.8 Å². The van der Waals surface area contributed by atoms with Crippen LogP contribution in [0.4, 0.5) is 0 Å². The molecule has 1 aromatic carbocycles. The van der Waals surface area contributed by atoms with Gasteiger partial charge in [-0.2, -0.15) is 5.26 Å². The second kappa shape index (κ2) is 6.08. The molecule has 0 atom stereocenters. The summed E-state index contributed by atoms with van der Waals surface area (Å²) in [6.07, 6.45) is 0.943. The van der Waals surface area contributed by atoms with Gasteiger partial charge < -0.3 is 4.74 Å². The van der Waals surface area contributed by atoms with Crippen molar-refractivity contribution in [3.05, 3.63) is 28.8 Å². The summed E-state index contributed by atoms with van der Waals surface area (Å²) in [5, 5.41) is 9.12. The fraction of sp³-hybridized carbons (Fsp3) is 0.562. The van der Waals surface area contributed by atoms with Crippen molar-refractivity contribution in [2.75, 3.05) is 20.7 Å². The number of ether oxygens (including phenoxy) is 1. The van der Waals surface area contributed by atoms with Gasteiger partial charge in [0.05, 0.1) is 13.2 Å². The molecule has 0 radical (unpaired) electrons. The van der Waals surface area contributed by atoms with Gasteiger partial charge in [0.15, 0.2) is 0 Å². The Kier molecular flexibility index (Phi) is 4.97. The zero-order chi connectivity index (χ0) is 14.6. The van der Waals surface area contributed by atoms with Gasteiger partial charge in [0.1, 0.15) is 11.3 Å². The summed E-state index contributed by atoms with van der Waals surface area (Å²) in [6, 6.07) is 6.59. The molecule has 0 spiro atoms. The monoisotopic (exact) mass is 260 g/mol. The van der Waals surface area contributed by atoms with E-state index in [4.69, 9.17) is 10.00 Å². The molecule has 0 aliphatic rings. The lowest BCUT2D eigenvalue weighted by Crippen LogP contribution is -2.40. The van der Waals surface area contributed by atoms with Gasteiger partial charge in [0, 0.05) is 6.54 Å². The molecule has 0 N–H and O–H groups in total. The smallest absolute Gasteiger partial charge is 0.122 e. The minimum Gasteiger partial charge on any atom is -0.496 e. The van der Waals surface area contributed by atoms with Crippen LogP contribution in [0.3, 0.4) is 0 Å². The van der Waals surface area contributed by atoms with E-state index in [1.807, 2.05) is 20.9 Å². The Morgan fingerprint density at radius 3 is 2.42 bits per heavy atom. The Bertz CT molecular complexity index is 486. The number of hydrogen-bond donors (Lipinski definition) is 0. The van der Waals surface area contributed by atoms with Crippen molar-refractivity contribution in [2.45, 2.75) is 39.7 Å². The van der Waals surface area contributed by atoms with E-state index in [0.717, 1.165) is 24.3 Å². The molecule has 3 heteroatoms. The lowest BCUT2D eigenvalue weighted by atomic mass is 10.00. The Hall–Kier alpha value is -1.53. The highest BCUT2D eigenvalue weighted by Gasteiger charge is 2.22. The van der Waals surface area contributed by atoms with E-state index in [-0.39, 0.29) is 0 Å². The first kappa shape index (κ1) is 15.5. The third kappa shape index (κ3) is 3.71. The highest BCUT2D eigenvalue weighted by Crippen LogP contribution is 2.23. The summed E-state index contributed by atoms with van der Waals surface area (Å²) >= 11 is 0. The average molecular weight is 260 g/mol. The Morgan fingerprint density at radius 2 is 1.89 bits per heavy atom. The van der Waals surface area contributed by atoms with Gasteiger partial charge in [-0.1, -0.05) is 6.07 Å². The maximum absolute atomic E-state index is 9.12. The molecule has 0 unspecified atom stereocenters. The van der Waals surface area contributed by atoms with Gasteiger partial charge in [-0.3, -0.25) is 4.90 Å². The lowest BCUT2D eigenvalue weighted by molar-refractivity contribution is 0.214.